The van der Waals surface area contributed by atoms with Crippen molar-refractivity contribution in [2.75, 3.05) is 13.1 Å². The summed E-state index contributed by atoms with van der Waals surface area (Å²) in [4.78, 5) is 51.5. The summed E-state index contributed by atoms with van der Waals surface area (Å²) in [5.41, 5.74) is 1.91. The van der Waals surface area contributed by atoms with Crippen molar-refractivity contribution in [1.29, 1.82) is 0 Å². The first-order chi connectivity index (χ1) is 21.1. The van der Waals surface area contributed by atoms with Gasteiger partial charge in [-0.2, -0.15) is 0 Å². The summed E-state index contributed by atoms with van der Waals surface area (Å²) in [6, 6.07) is 20.4. The van der Waals surface area contributed by atoms with Gasteiger partial charge in [0.15, 0.2) is 0 Å². The fourth-order valence-corrected chi connectivity index (χ4v) is 4.57. The third kappa shape index (κ3) is 10.3. The molecular weight excluding hydrogens is 561 g/mol. The van der Waals surface area contributed by atoms with Gasteiger partial charge in [0.25, 0.3) is 11.8 Å². The van der Waals surface area contributed by atoms with Crippen molar-refractivity contribution in [3.05, 3.63) is 107 Å². The second-order valence-electron chi connectivity index (χ2n) is 11.0. The third-order valence-corrected chi connectivity index (χ3v) is 7.11. The predicted octanol–water partition coefficient (Wildman–Crippen LogP) is 3.35. The molecule has 3 aromatic carbocycles. The van der Waals surface area contributed by atoms with Crippen molar-refractivity contribution < 1.29 is 23.6 Å². The fraction of sp³-hybridized carbons (Fsp3) is 0.353. The van der Waals surface area contributed by atoms with Crippen LogP contribution in [0.1, 0.15) is 59.5 Å². The lowest BCUT2D eigenvalue weighted by atomic mass is 10.0. The second kappa shape index (κ2) is 16.9. The van der Waals surface area contributed by atoms with Crippen LogP contribution in [-0.4, -0.2) is 54.8 Å². The fourth-order valence-electron chi connectivity index (χ4n) is 4.57. The number of rotatable bonds is 15. The van der Waals surface area contributed by atoms with Gasteiger partial charge in [0, 0.05) is 42.4 Å². The molecule has 234 valence electrons. The van der Waals surface area contributed by atoms with Gasteiger partial charge in [-0.25, -0.2) is 4.39 Å². The summed E-state index contributed by atoms with van der Waals surface area (Å²) in [5, 5.41) is 14.5. The Morgan fingerprint density at radius 3 is 2.07 bits per heavy atom. The maximum atomic E-state index is 13.9. The van der Waals surface area contributed by atoms with E-state index in [1.54, 1.807) is 43.3 Å². The zero-order valence-electron chi connectivity index (χ0n) is 25.7. The summed E-state index contributed by atoms with van der Waals surface area (Å²) in [6.07, 6.45) is 0.490. The van der Waals surface area contributed by atoms with Gasteiger partial charge in [-0.15, -0.1) is 0 Å². The Kier molecular flexibility index (Phi) is 13.0. The molecule has 3 atom stereocenters. The van der Waals surface area contributed by atoms with Crippen LogP contribution in [0.5, 0.6) is 0 Å². The molecule has 0 saturated carbocycles. The maximum Gasteiger partial charge on any atom is 0.251 e. The number of nitrogens with one attached hydrogen (secondary N) is 5. The predicted molar refractivity (Wildman–Crippen MR) is 168 cm³/mol. The molecule has 3 aromatic rings. The highest BCUT2D eigenvalue weighted by Crippen LogP contribution is 2.10. The Morgan fingerprint density at radius 1 is 0.750 bits per heavy atom. The molecule has 0 bridgehead atoms. The summed E-state index contributed by atoms with van der Waals surface area (Å²) in [6.45, 7) is 8.01. The monoisotopic (exact) mass is 603 g/mol. The van der Waals surface area contributed by atoms with Gasteiger partial charge in [-0.1, -0.05) is 68.4 Å². The van der Waals surface area contributed by atoms with Crippen molar-refractivity contribution >= 4 is 23.6 Å². The molecule has 0 spiro atoms. The quantitative estimate of drug-likeness (QED) is 0.182. The smallest absolute Gasteiger partial charge is 0.251 e. The van der Waals surface area contributed by atoms with Gasteiger partial charge < -0.3 is 26.6 Å². The molecule has 0 aromatic heterocycles. The van der Waals surface area contributed by atoms with E-state index in [1.807, 2.05) is 51.1 Å². The Labute approximate surface area is 258 Å². The highest BCUT2D eigenvalue weighted by atomic mass is 19.1. The molecule has 0 aliphatic rings. The van der Waals surface area contributed by atoms with E-state index in [1.165, 1.54) is 12.1 Å². The third-order valence-electron chi connectivity index (χ3n) is 7.11. The van der Waals surface area contributed by atoms with Crippen molar-refractivity contribution in [3.8, 4) is 0 Å². The molecule has 0 aliphatic heterocycles. The maximum absolute atomic E-state index is 13.9. The normalized spacial score (nSPS) is 13.0. The largest absolute Gasteiger partial charge is 0.355 e. The van der Waals surface area contributed by atoms with Crippen LogP contribution in [0.3, 0.4) is 0 Å². The average Bonchev–Trinajstić information content (AvgIpc) is 3.02. The minimum Gasteiger partial charge on any atom is -0.355 e. The Balaban J connectivity index is 1.66. The van der Waals surface area contributed by atoms with Crippen molar-refractivity contribution in [3.63, 3.8) is 0 Å². The first-order valence-corrected chi connectivity index (χ1v) is 14.9. The molecule has 0 fully saturated rings. The lowest BCUT2D eigenvalue weighted by molar-refractivity contribution is -0.130. The summed E-state index contributed by atoms with van der Waals surface area (Å²) >= 11 is 0. The van der Waals surface area contributed by atoms with E-state index in [2.05, 4.69) is 26.6 Å². The lowest BCUT2D eigenvalue weighted by Gasteiger charge is -2.25. The Bertz CT molecular complexity index is 1420. The average molecular weight is 604 g/mol. The Hall–Kier alpha value is -4.57. The number of likely N-dealkylation sites (N-methyl/N-ethyl adjacent to an activating group) is 1. The number of benzene rings is 3. The van der Waals surface area contributed by atoms with Crippen molar-refractivity contribution in [1.82, 2.24) is 26.6 Å². The molecule has 0 heterocycles. The molecule has 0 saturated heterocycles. The van der Waals surface area contributed by atoms with Crippen molar-refractivity contribution in [2.45, 2.75) is 58.8 Å². The minimum atomic E-state index is -0.664. The number of hydrogen-bond donors (Lipinski definition) is 5. The molecule has 3 rings (SSSR count). The number of carbonyl (C=O) groups excluding carboxylic acids is 4. The van der Waals surface area contributed by atoms with Gasteiger partial charge in [0.05, 0.1) is 6.04 Å². The molecular formula is C34H42FN5O4. The molecule has 9 nitrogen and oxygen atoms in total. The first kappa shape index (κ1) is 33.9. The van der Waals surface area contributed by atoms with Crippen molar-refractivity contribution in [2.24, 2.45) is 5.92 Å². The van der Waals surface area contributed by atoms with E-state index >= 15 is 0 Å². The SMILES string of the molecule is CCNC(=O)[C@@H](NC(=O)[C@H](C)NC[C@H](Cc1ccccc1)NC(=O)c1cccc(C(=O)NCc2ccccc2F)c1)C(C)C. The Morgan fingerprint density at radius 2 is 1.41 bits per heavy atom. The molecule has 0 aliphatic carbocycles. The van der Waals surface area contributed by atoms with Crippen LogP contribution >= 0.6 is 0 Å². The topological polar surface area (TPSA) is 128 Å². The standard InChI is InChI=1S/C34H42FN5O4/c1-5-36-34(44)30(22(2)3)40-31(41)23(4)37-21-28(18-24-12-7-6-8-13-24)39-33(43)26-16-11-15-25(19-26)32(42)38-20-27-14-9-10-17-29(27)35/h6-17,19,22-23,28,30,37H,5,18,20-21H2,1-4H3,(H,36,44)(H,38,42)(H,39,43)(H,40,41)/t23-,28-,30-/m0/s1. The zero-order valence-corrected chi connectivity index (χ0v) is 25.7. The molecule has 44 heavy (non-hydrogen) atoms. The molecule has 4 amide bonds. The highest BCUT2D eigenvalue weighted by molar-refractivity contribution is 5.99. The van der Waals surface area contributed by atoms with Crippen LogP contribution in [0.15, 0.2) is 78.9 Å². The number of halogens is 1. The summed E-state index contributed by atoms with van der Waals surface area (Å²) in [5.74, 6) is -1.88. The van der Waals surface area contributed by atoms with E-state index in [4.69, 9.17) is 0 Å². The van der Waals surface area contributed by atoms with Crippen LogP contribution < -0.4 is 26.6 Å². The second-order valence-corrected chi connectivity index (χ2v) is 11.0. The minimum absolute atomic E-state index is 0.0136. The van der Waals surface area contributed by atoms with E-state index in [0.717, 1.165) is 5.56 Å². The summed E-state index contributed by atoms with van der Waals surface area (Å²) < 4.78 is 13.9. The molecule has 0 radical (unpaired) electrons. The van der Waals surface area contributed by atoms with Gasteiger partial charge in [-0.3, -0.25) is 19.2 Å². The van der Waals surface area contributed by atoms with E-state index in [9.17, 15) is 23.6 Å². The zero-order chi connectivity index (χ0) is 32.1. The first-order valence-electron chi connectivity index (χ1n) is 14.9. The highest BCUT2D eigenvalue weighted by Gasteiger charge is 2.26. The number of amides is 4. The number of hydrogen-bond acceptors (Lipinski definition) is 5. The van der Waals surface area contributed by atoms with Gasteiger partial charge in [0.2, 0.25) is 11.8 Å². The van der Waals surface area contributed by atoms with E-state index in [0.29, 0.717) is 18.5 Å². The van der Waals surface area contributed by atoms with Crippen LogP contribution in [0, 0.1) is 11.7 Å². The number of carbonyl (C=O) groups is 4. The van der Waals surface area contributed by atoms with E-state index < -0.39 is 29.8 Å². The van der Waals surface area contributed by atoms with Gasteiger partial charge >= 0.3 is 0 Å². The van der Waals surface area contributed by atoms with Crippen LogP contribution in [0.4, 0.5) is 4.39 Å². The molecule has 10 heteroatoms. The van der Waals surface area contributed by atoms with Gasteiger partial charge in [-0.05, 0) is 56.0 Å². The van der Waals surface area contributed by atoms with E-state index in [-0.39, 0.29) is 47.9 Å². The molecule has 0 unspecified atom stereocenters. The van der Waals surface area contributed by atoms with Crippen LogP contribution in [-0.2, 0) is 22.6 Å². The summed E-state index contributed by atoms with van der Waals surface area (Å²) in [7, 11) is 0. The van der Waals surface area contributed by atoms with Crippen LogP contribution in [0.2, 0.25) is 0 Å². The van der Waals surface area contributed by atoms with Crippen LogP contribution in [0.25, 0.3) is 0 Å². The lowest BCUT2D eigenvalue weighted by Crippen LogP contribution is -2.55. The van der Waals surface area contributed by atoms with Gasteiger partial charge in [0.1, 0.15) is 11.9 Å². The molecule has 5 N–H and O–H groups in total.